The number of aromatic nitrogens is 3. The van der Waals surface area contributed by atoms with E-state index in [1.165, 1.54) is 11.3 Å². The first-order valence-electron chi connectivity index (χ1n) is 8.93. The Morgan fingerprint density at radius 3 is 2.85 bits per heavy atom. The van der Waals surface area contributed by atoms with Crippen molar-refractivity contribution in [1.82, 2.24) is 25.0 Å². The minimum absolute atomic E-state index is 0.0784. The van der Waals surface area contributed by atoms with Crippen LogP contribution in [-0.4, -0.2) is 70.9 Å². The van der Waals surface area contributed by atoms with Crippen LogP contribution in [0.4, 0.5) is 0 Å². The van der Waals surface area contributed by atoms with Crippen LogP contribution in [0.3, 0.4) is 0 Å². The van der Waals surface area contributed by atoms with Gasteiger partial charge in [-0.05, 0) is 0 Å². The van der Waals surface area contributed by atoms with Gasteiger partial charge in [-0.25, -0.2) is 4.98 Å². The fourth-order valence-corrected chi connectivity index (χ4v) is 3.80. The monoisotopic (exact) mass is 391 g/mol. The molecule has 2 aromatic rings. The van der Waals surface area contributed by atoms with Crippen LogP contribution in [0, 0.1) is 0 Å². The zero-order valence-corrected chi connectivity index (χ0v) is 15.7. The first kappa shape index (κ1) is 18.1. The van der Waals surface area contributed by atoms with E-state index in [9.17, 15) is 9.59 Å². The summed E-state index contributed by atoms with van der Waals surface area (Å²) in [4.78, 5) is 30.7. The van der Waals surface area contributed by atoms with Gasteiger partial charge in [-0.3, -0.25) is 14.3 Å². The summed E-state index contributed by atoms with van der Waals surface area (Å²) in [6, 6.07) is 0. The molecule has 2 amide bonds. The first-order chi connectivity index (χ1) is 13.2. The summed E-state index contributed by atoms with van der Waals surface area (Å²) < 4.78 is 12.7. The minimum Gasteiger partial charge on any atom is -0.378 e. The Labute approximate surface area is 160 Å². The summed E-state index contributed by atoms with van der Waals surface area (Å²) in [6.07, 6.45) is 0.707. The highest BCUT2D eigenvalue weighted by Crippen LogP contribution is 2.22. The van der Waals surface area contributed by atoms with Crippen LogP contribution in [0.25, 0.3) is 0 Å². The fraction of sp³-hybridized carbons (Fsp3) is 0.529. The SMILES string of the molecule is O=C(NCCn1nc(C(=O)N2CCOCC2)c2c1CCOC2)c1cscn1. The molecule has 27 heavy (non-hydrogen) atoms. The average Bonchev–Trinajstić information content (AvgIpc) is 3.37. The van der Waals surface area contributed by atoms with Crippen molar-refractivity contribution in [3.63, 3.8) is 0 Å². The van der Waals surface area contributed by atoms with Crippen LogP contribution in [0.15, 0.2) is 10.9 Å². The van der Waals surface area contributed by atoms with Gasteiger partial charge < -0.3 is 19.7 Å². The maximum absolute atomic E-state index is 12.9. The second-order valence-corrected chi connectivity index (χ2v) is 7.05. The average molecular weight is 391 g/mol. The molecule has 0 aromatic carbocycles. The van der Waals surface area contributed by atoms with E-state index in [0.29, 0.717) is 70.4 Å². The predicted molar refractivity (Wildman–Crippen MR) is 96.8 cm³/mol. The molecule has 0 atom stereocenters. The number of ether oxygens (including phenoxy) is 2. The number of fused-ring (bicyclic) bond motifs is 1. The summed E-state index contributed by atoms with van der Waals surface area (Å²) in [5, 5.41) is 9.12. The number of nitrogens with zero attached hydrogens (tertiary/aromatic N) is 4. The van der Waals surface area contributed by atoms with Crippen LogP contribution in [0.2, 0.25) is 0 Å². The van der Waals surface area contributed by atoms with Gasteiger partial charge in [0, 0.05) is 42.7 Å². The lowest BCUT2D eigenvalue weighted by atomic mass is 10.1. The molecule has 9 nitrogen and oxygen atoms in total. The molecule has 0 spiro atoms. The maximum atomic E-state index is 12.9. The number of hydrogen-bond acceptors (Lipinski definition) is 7. The number of rotatable bonds is 5. The highest BCUT2D eigenvalue weighted by molar-refractivity contribution is 7.07. The van der Waals surface area contributed by atoms with Gasteiger partial charge in [-0.1, -0.05) is 0 Å². The van der Waals surface area contributed by atoms with E-state index < -0.39 is 0 Å². The van der Waals surface area contributed by atoms with Crippen LogP contribution < -0.4 is 5.32 Å². The summed E-state index contributed by atoms with van der Waals surface area (Å²) in [7, 11) is 0. The third-order valence-electron chi connectivity index (χ3n) is 4.67. The van der Waals surface area contributed by atoms with Crippen molar-refractivity contribution in [2.45, 2.75) is 19.6 Å². The van der Waals surface area contributed by atoms with Crippen LogP contribution in [0.5, 0.6) is 0 Å². The van der Waals surface area contributed by atoms with Gasteiger partial charge in [0.15, 0.2) is 5.69 Å². The largest absolute Gasteiger partial charge is 0.378 e. The van der Waals surface area contributed by atoms with E-state index in [-0.39, 0.29) is 11.8 Å². The molecular formula is C17H21N5O4S. The van der Waals surface area contributed by atoms with Crippen molar-refractivity contribution in [2.75, 3.05) is 39.5 Å². The van der Waals surface area contributed by atoms with Crippen molar-refractivity contribution in [2.24, 2.45) is 0 Å². The molecule has 0 saturated carbocycles. The van der Waals surface area contributed by atoms with Gasteiger partial charge in [-0.15, -0.1) is 11.3 Å². The molecule has 2 aliphatic heterocycles. The third kappa shape index (κ3) is 3.87. The Balaban J connectivity index is 1.46. The zero-order valence-electron chi connectivity index (χ0n) is 14.8. The van der Waals surface area contributed by atoms with Gasteiger partial charge in [0.25, 0.3) is 11.8 Å². The normalized spacial score (nSPS) is 16.8. The number of thiazole rings is 1. The van der Waals surface area contributed by atoms with Crippen LogP contribution in [0.1, 0.15) is 32.2 Å². The molecule has 1 saturated heterocycles. The van der Waals surface area contributed by atoms with Gasteiger partial charge in [0.2, 0.25) is 0 Å². The summed E-state index contributed by atoms with van der Waals surface area (Å²) in [6.45, 7) is 4.16. The maximum Gasteiger partial charge on any atom is 0.274 e. The molecule has 144 valence electrons. The summed E-state index contributed by atoms with van der Waals surface area (Å²) in [5.41, 5.74) is 4.38. The number of carbonyl (C=O) groups excluding carboxylic acids is 2. The van der Waals surface area contributed by atoms with Crippen molar-refractivity contribution >= 4 is 23.2 Å². The predicted octanol–water partition coefficient (Wildman–Crippen LogP) is 0.315. The highest BCUT2D eigenvalue weighted by Gasteiger charge is 2.29. The topological polar surface area (TPSA) is 98.6 Å². The molecule has 4 rings (SSSR count). The molecule has 1 fully saturated rings. The van der Waals surface area contributed by atoms with Crippen molar-refractivity contribution in [3.05, 3.63) is 33.5 Å². The van der Waals surface area contributed by atoms with Gasteiger partial charge in [0.05, 0.1) is 38.5 Å². The number of amides is 2. The highest BCUT2D eigenvalue weighted by atomic mass is 32.1. The lowest BCUT2D eigenvalue weighted by Gasteiger charge is -2.26. The number of morpholine rings is 1. The molecular weight excluding hydrogens is 370 g/mol. The van der Waals surface area contributed by atoms with Gasteiger partial charge in [0.1, 0.15) is 5.69 Å². The second kappa shape index (κ2) is 8.15. The Bertz CT molecular complexity index is 814. The molecule has 0 unspecified atom stereocenters. The Morgan fingerprint density at radius 2 is 2.07 bits per heavy atom. The van der Waals surface area contributed by atoms with Crippen LogP contribution in [-0.2, 0) is 29.0 Å². The molecule has 0 bridgehead atoms. The smallest absolute Gasteiger partial charge is 0.274 e. The molecule has 10 heteroatoms. The Hall–Kier alpha value is -2.30. The van der Waals surface area contributed by atoms with E-state index in [4.69, 9.17) is 9.47 Å². The van der Waals surface area contributed by atoms with E-state index in [2.05, 4.69) is 15.4 Å². The molecule has 4 heterocycles. The van der Waals surface area contributed by atoms with Gasteiger partial charge >= 0.3 is 0 Å². The molecule has 2 aromatic heterocycles. The lowest BCUT2D eigenvalue weighted by molar-refractivity contribution is 0.0294. The third-order valence-corrected chi connectivity index (χ3v) is 5.26. The van der Waals surface area contributed by atoms with E-state index in [0.717, 1.165) is 11.3 Å². The number of hydrogen-bond donors (Lipinski definition) is 1. The Morgan fingerprint density at radius 1 is 1.22 bits per heavy atom. The molecule has 1 N–H and O–H groups in total. The zero-order chi connectivity index (χ0) is 18.6. The second-order valence-electron chi connectivity index (χ2n) is 6.33. The number of carbonyl (C=O) groups is 2. The minimum atomic E-state index is -0.203. The Kier molecular flexibility index (Phi) is 5.46. The molecule has 0 aliphatic carbocycles. The molecule has 0 radical (unpaired) electrons. The van der Waals surface area contributed by atoms with Crippen molar-refractivity contribution in [1.29, 1.82) is 0 Å². The van der Waals surface area contributed by atoms with Crippen molar-refractivity contribution < 1.29 is 19.1 Å². The first-order valence-corrected chi connectivity index (χ1v) is 9.88. The number of nitrogens with one attached hydrogen (secondary N) is 1. The lowest BCUT2D eigenvalue weighted by Crippen LogP contribution is -2.41. The standard InChI is InChI=1S/C17H21N5O4S/c23-16(13-10-27-11-19-13)18-2-3-22-14-1-6-26-9-12(14)15(20-22)17(24)21-4-7-25-8-5-21/h10-11H,1-9H2,(H,18,23). The van der Waals surface area contributed by atoms with Crippen molar-refractivity contribution in [3.8, 4) is 0 Å². The van der Waals surface area contributed by atoms with E-state index in [1.54, 1.807) is 15.8 Å². The van der Waals surface area contributed by atoms with Gasteiger partial charge in [-0.2, -0.15) is 5.10 Å². The van der Waals surface area contributed by atoms with Crippen LogP contribution >= 0.6 is 11.3 Å². The quantitative estimate of drug-likeness (QED) is 0.788. The molecule has 2 aliphatic rings. The fourth-order valence-electron chi connectivity index (χ4n) is 3.27. The van der Waals surface area contributed by atoms with E-state index in [1.807, 2.05) is 4.68 Å². The van der Waals surface area contributed by atoms with E-state index >= 15 is 0 Å². The summed E-state index contributed by atoms with van der Waals surface area (Å²) in [5.74, 6) is -0.282. The summed E-state index contributed by atoms with van der Waals surface area (Å²) >= 11 is 1.38.